The summed E-state index contributed by atoms with van der Waals surface area (Å²) in [5, 5.41) is 14.2. The maximum atomic E-state index is 9.72. The lowest BCUT2D eigenvalue weighted by atomic mass is 10.1. The van der Waals surface area contributed by atoms with Crippen molar-refractivity contribution in [3.8, 4) is 0 Å². The Labute approximate surface area is 104 Å². The van der Waals surface area contributed by atoms with Crippen LogP contribution in [0.4, 0.5) is 0 Å². The van der Waals surface area contributed by atoms with E-state index < -0.39 is 0 Å². The van der Waals surface area contributed by atoms with Gasteiger partial charge in [-0.15, -0.1) is 0 Å². The smallest absolute Gasteiger partial charge is 0.233 e. The van der Waals surface area contributed by atoms with E-state index in [1.165, 1.54) is 0 Å². The first kappa shape index (κ1) is 12.3. The highest BCUT2D eigenvalue weighted by molar-refractivity contribution is 7.99. The van der Waals surface area contributed by atoms with Gasteiger partial charge >= 0.3 is 0 Å². The molecule has 4 nitrogen and oxygen atoms in total. The molecule has 0 spiro atoms. The third kappa shape index (κ3) is 2.93. The molecular formula is C10H16N2O2S2. The van der Waals surface area contributed by atoms with Gasteiger partial charge in [0.05, 0.1) is 17.8 Å². The van der Waals surface area contributed by atoms with Gasteiger partial charge in [-0.2, -0.15) is 28.5 Å². The lowest BCUT2D eigenvalue weighted by Gasteiger charge is -2.06. The molecular weight excluding hydrogens is 244 g/mol. The van der Waals surface area contributed by atoms with Crippen LogP contribution in [-0.4, -0.2) is 38.1 Å². The number of aliphatic hydroxyl groups is 1. The molecule has 90 valence electrons. The predicted molar refractivity (Wildman–Crippen MR) is 66.8 cm³/mol. The molecule has 2 unspecified atom stereocenters. The summed E-state index contributed by atoms with van der Waals surface area (Å²) in [5.74, 6) is 3.77. The molecule has 1 fully saturated rings. The highest BCUT2D eigenvalue weighted by Gasteiger charge is 2.31. The first-order valence-corrected chi connectivity index (χ1v) is 7.57. The van der Waals surface area contributed by atoms with Gasteiger partial charge in [0.15, 0.2) is 5.82 Å². The Morgan fingerprint density at radius 2 is 2.38 bits per heavy atom. The lowest BCUT2D eigenvalue weighted by molar-refractivity contribution is 0.164. The fraction of sp³-hybridized carbons (Fsp3) is 0.800. The van der Waals surface area contributed by atoms with Crippen LogP contribution in [0.1, 0.15) is 31.5 Å². The number of aliphatic hydroxyl groups excluding tert-OH is 1. The van der Waals surface area contributed by atoms with Gasteiger partial charge in [0.25, 0.3) is 0 Å². The van der Waals surface area contributed by atoms with Gasteiger partial charge in [0.1, 0.15) is 0 Å². The predicted octanol–water partition coefficient (Wildman–Crippen LogP) is 1.90. The van der Waals surface area contributed by atoms with E-state index in [9.17, 15) is 5.11 Å². The molecule has 1 aromatic rings. The lowest BCUT2D eigenvalue weighted by Crippen LogP contribution is -2.15. The number of rotatable bonds is 4. The normalized spacial score (nSPS) is 25.5. The second-order valence-corrected chi connectivity index (χ2v) is 6.76. The molecule has 1 aromatic heterocycles. The summed E-state index contributed by atoms with van der Waals surface area (Å²) < 4.78 is 5.20. The Bertz CT molecular complexity index is 343. The second-order valence-electron chi connectivity index (χ2n) is 4.12. The van der Waals surface area contributed by atoms with Crippen molar-refractivity contribution >= 4 is 23.5 Å². The molecule has 0 bridgehead atoms. The Balaban J connectivity index is 1.96. The van der Waals surface area contributed by atoms with Crippen LogP contribution < -0.4 is 0 Å². The molecule has 2 atom stereocenters. The van der Waals surface area contributed by atoms with E-state index in [0.717, 1.165) is 23.1 Å². The highest BCUT2D eigenvalue weighted by Crippen LogP contribution is 2.32. The monoisotopic (exact) mass is 260 g/mol. The van der Waals surface area contributed by atoms with E-state index in [-0.39, 0.29) is 12.0 Å². The highest BCUT2D eigenvalue weighted by atomic mass is 32.2. The van der Waals surface area contributed by atoms with E-state index >= 15 is 0 Å². The molecule has 1 aliphatic rings. The molecule has 0 amide bonds. The first-order valence-electron chi connectivity index (χ1n) is 5.36. The zero-order valence-electron chi connectivity index (χ0n) is 9.42. The molecule has 16 heavy (non-hydrogen) atoms. The fourth-order valence-electron chi connectivity index (χ4n) is 1.50. The van der Waals surface area contributed by atoms with E-state index in [2.05, 4.69) is 24.0 Å². The van der Waals surface area contributed by atoms with Crippen molar-refractivity contribution in [3.05, 3.63) is 11.7 Å². The van der Waals surface area contributed by atoms with Crippen molar-refractivity contribution in [2.75, 3.05) is 11.5 Å². The standard InChI is InChI=1S/C10H16N2O2S2/c1-6(2)16-5-9-11-10(14-12-9)7-3-15-4-8(7)13/h6-8,13H,3-5H2,1-2H3. The first-order chi connectivity index (χ1) is 7.66. The van der Waals surface area contributed by atoms with Crippen molar-refractivity contribution < 1.29 is 9.63 Å². The average molecular weight is 260 g/mol. The van der Waals surface area contributed by atoms with E-state index in [1.54, 1.807) is 23.5 Å². The van der Waals surface area contributed by atoms with Crippen LogP contribution >= 0.6 is 23.5 Å². The SMILES string of the molecule is CC(C)SCc1noc(C2CSCC2O)n1. The zero-order valence-corrected chi connectivity index (χ0v) is 11.1. The Hall–Kier alpha value is -0.200. The molecule has 1 N–H and O–H groups in total. The molecule has 6 heteroatoms. The molecule has 1 aliphatic heterocycles. The average Bonchev–Trinajstić information content (AvgIpc) is 2.83. The summed E-state index contributed by atoms with van der Waals surface area (Å²) >= 11 is 3.52. The van der Waals surface area contributed by atoms with Gasteiger partial charge in [-0.25, -0.2) is 0 Å². The number of hydrogen-bond donors (Lipinski definition) is 1. The van der Waals surface area contributed by atoms with Crippen molar-refractivity contribution in [2.45, 2.75) is 36.9 Å². The van der Waals surface area contributed by atoms with E-state index in [4.69, 9.17) is 4.52 Å². The summed E-state index contributed by atoms with van der Waals surface area (Å²) in [7, 11) is 0. The van der Waals surface area contributed by atoms with Crippen molar-refractivity contribution in [1.29, 1.82) is 0 Å². The van der Waals surface area contributed by atoms with Crippen LogP contribution in [0.15, 0.2) is 4.52 Å². The third-order valence-corrected chi connectivity index (χ3v) is 4.66. The topological polar surface area (TPSA) is 59.2 Å². The molecule has 2 rings (SSSR count). The Kier molecular flexibility index (Phi) is 4.16. The van der Waals surface area contributed by atoms with Crippen LogP contribution in [0.5, 0.6) is 0 Å². The van der Waals surface area contributed by atoms with Gasteiger partial charge in [-0.05, 0) is 5.25 Å². The fourth-order valence-corrected chi connectivity index (χ4v) is 3.32. The van der Waals surface area contributed by atoms with Crippen LogP contribution in [-0.2, 0) is 5.75 Å². The molecule has 0 saturated carbocycles. The van der Waals surface area contributed by atoms with Crippen molar-refractivity contribution in [1.82, 2.24) is 10.1 Å². The maximum absolute atomic E-state index is 9.72. The van der Waals surface area contributed by atoms with Gasteiger partial charge in [0, 0.05) is 11.5 Å². The molecule has 0 radical (unpaired) electrons. The van der Waals surface area contributed by atoms with Gasteiger partial charge in [0.2, 0.25) is 5.89 Å². The van der Waals surface area contributed by atoms with Crippen LogP contribution in [0.25, 0.3) is 0 Å². The Morgan fingerprint density at radius 3 is 3.00 bits per heavy atom. The van der Waals surface area contributed by atoms with Gasteiger partial charge in [-0.1, -0.05) is 19.0 Å². The number of hydrogen-bond acceptors (Lipinski definition) is 6. The second kappa shape index (κ2) is 5.42. The molecule has 1 saturated heterocycles. The number of thioether (sulfide) groups is 2. The van der Waals surface area contributed by atoms with Gasteiger partial charge < -0.3 is 9.63 Å². The minimum Gasteiger partial charge on any atom is -0.391 e. The minimum absolute atomic E-state index is 0.0234. The minimum atomic E-state index is -0.337. The number of nitrogens with zero attached hydrogens (tertiary/aromatic N) is 2. The summed E-state index contributed by atoms with van der Waals surface area (Å²) in [6, 6.07) is 0. The summed E-state index contributed by atoms with van der Waals surface area (Å²) in [4.78, 5) is 4.34. The van der Waals surface area contributed by atoms with E-state index in [1.807, 2.05) is 0 Å². The zero-order chi connectivity index (χ0) is 11.5. The molecule has 2 heterocycles. The Morgan fingerprint density at radius 1 is 1.56 bits per heavy atom. The molecule has 0 aromatic carbocycles. The summed E-state index contributed by atoms with van der Waals surface area (Å²) in [6.45, 7) is 4.28. The van der Waals surface area contributed by atoms with Crippen molar-refractivity contribution in [2.24, 2.45) is 0 Å². The largest absolute Gasteiger partial charge is 0.391 e. The van der Waals surface area contributed by atoms with Crippen LogP contribution in [0, 0.1) is 0 Å². The van der Waals surface area contributed by atoms with Crippen molar-refractivity contribution in [3.63, 3.8) is 0 Å². The van der Waals surface area contributed by atoms with Crippen LogP contribution in [0.3, 0.4) is 0 Å². The van der Waals surface area contributed by atoms with E-state index in [0.29, 0.717) is 11.1 Å². The number of aromatic nitrogens is 2. The molecule has 0 aliphatic carbocycles. The van der Waals surface area contributed by atoms with Crippen LogP contribution in [0.2, 0.25) is 0 Å². The van der Waals surface area contributed by atoms with Gasteiger partial charge in [-0.3, -0.25) is 0 Å². The third-order valence-electron chi connectivity index (χ3n) is 2.40. The summed E-state index contributed by atoms with van der Waals surface area (Å²) in [6.07, 6.45) is -0.337. The maximum Gasteiger partial charge on any atom is 0.233 e. The summed E-state index contributed by atoms with van der Waals surface area (Å²) in [5.41, 5.74) is 0. The quantitative estimate of drug-likeness (QED) is 0.892.